The highest BCUT2D eigenvalue weighted by Gasteiger charge is 2.18. The third-order valence-electron chi connectivity index (χ3n) is 1.69. The van der Waals surface area contributed by atoms with Crippen molar-refractivity contribution in [2.45, 2.75) is 6.92 Å². The average Bonchev–Trinajstić information content (AvgIpc) is 2.16. The molecule has 0 aliphatic carbocycles. The lowest BCUT2D eigenvalue weighted by atomic mass is 10.2. The Morgan fingerprint density at radius 1 is 1.36 bits per heavy atom. The highest BCUT2D eigenvalue weighted by atomic mass is 16.3. The Hall–Kier alpha value is -1.88. The number of aromatic hydroxyl groups is 1. The van der Waals surface area contributed by atoms with Crippen LogP contribution < -0.4 is 5.84 Å². The number of imide groups is 1. The van der Waals surface area contributed by atoms with Gasteiger partial charge in [0.05, 0.1) is 5.56 Å². The molecule has 14 heavy (non-hydrogen) atoms. The Morgan fingerprint density at radius 2 is 1.93 bits per heavy atom. The van der Waals surface area contributed by atoms with Crippen molar-refractivity contribution in [2.24, 2.45) is 5.84 Å². The first-order chi connectivity index (χ1) is 6.54. The molecule has 0 aliphatic rings. The average molecular weight is 194 g/mol. The number of phenolic OH excluding ortho intramolecular Hbond substituents is 1. The molecule has 0 heterocycles. The zero-order chi connectivity index (χ0) is 10.7. The van der Waals surface area contributed by atoms with Gasteiger partial charge in [-0.05, 0) is 12.1 Å². The molecule has 0 unspecified atom stereocenters. The number of carbonyl (C=O) groups excluding carboxylic acids is 2. The first kappa shape index (κ1) is 10.2. The van der Waals surface area contributed by atoms with Crippen LogP contribution in [0.1, 0.15) is 17.3 Å². The van der Waals surface area contributed by atoms with Gasteiger partial charge in [-0.25, -0.2) is 10.9 Å². The number of carbonyl (C=O) groups is 2. The first-order valence-electron chi connectivity index (χ1n) is 3.91. The standard InChI is InChI=1S/C9H10N2O3/c1-6(12)11(10)9(14)7-4-2-3-5-8(7)13/h2-5,13H,10H2,1H3. The molecule has 0 bridgehead atoms. The summed E-state index contributed by atoms with van der Waals surface area (Å²) in [6, 6.07) is 5.88. The normalized spacial score (nSPS) is 9.57. The maximum atomic E-state index is 11.4. The Morgan fingerprint density at radius 3 is 2.43 bits per heavy atom. The molecular formula is C9H10N2O3. The first-order valence-corrected chi connectivity index (χ1v) is 3.91. The fraction of sp³-hybridized carbons (Fsp3) is 0.111. The van der Waals surface area contributed by atoms with Crippen molar-refractivity contribution in [1.29, 1.82) is 0 Å². The summed E-state index contributed by atoms with van der Waals surface area (Å²) in [5.41, 5.74) is 0.00481. The molecule has 0 aliphatic heterocycles. The summed E-state index contributed by atoms with van der Waals surface area (Å²) in [5, 5.41) is 9.75. The fourth-order valence-electron chi connectivity index (χ4n) is 0.927. The molecule has 3 N–H and O–H groups in total. The summed E-state index contributed by atoms with van der Waals surface area (Å²) < 4.78 is 0. The van der Waals surface area contributed by atoms with E-state index in [0.29, 0.717) is 5.01 Å². The van der Waals surface area contributed by atoms with Gasteiger partial charge in [-0.3, -0.25) is 9.59 Å². The zero-order valence-corrected chi connectivity index (χ0v) is 7.60. The van der Waals surface area contributed by atoms with E-state index in [2.05, 4.69) is 0 Å². The molecule has 0 aromatic heterocycles. The molecule has 2 amide bonds. The molecule has 0 saturated heterocycles. The van der Waals surface area contributed by atoms with Crippen molar-refractivity contribution in [1.82, 2.24) is 5.01 Å². The summed E-state index contributed by atoms with van der Waals surface area (Å²) >= 11 is 0. The molecule has 0 fully saturated rings. The molecule has 5 heteroatoms. The van der Waals surface area contributed by atoms with Crippen LogP contribution in [0, 0.1) is 0 Å². The monoisotopic (exact) mass is 194 g/mol. The van der Waals surface area contributed by atoms with Crippen molar-refractivity contribution in [3.8, 4) is 5.75 Å². The zero-order valence-electron chi connectivity index (χ0n) is 7.60. The number of hydrazine groups is 1. The van der Waals surface area contributed by atoms with E-state index >= 15 is 0 Å². The van der Waals surface area contributed by atoms with E-state index in [0.717, 1.165) is 6.92 Å². The van der Waals surface area contributed by atoms with E-state index in [1.54, 1.807) is 12.1 Å². The van der Waals surface area contributed by atoms with E-state index in [4.69, 9.17) is 5.84 Å². The lowest BCUT2D eigenvalue weighted by Crippen LogP contribution is -2.41. The number of nitrogens with two attached hydrogens (primary N) is 1. The maximum Gasteiger partial charge on any atom is 0.278 e. The second kappa shape index (κ2) is 3.89. The van der Waals surface area contributed by atoms with Crippen molar-refractivity contribution < 1.29 is 14.7 Å². The number of amides is 2. The van der Waals surface area contributed by atoms with Crippen molar-refractivity contribution >= 4 is 11.8 Å². The van der Waals surface area contributed by atoms with Gasteiger partial charge in [0.15, 0.2) is 0 Å². The predicted molar refractivity (Wildman–Crippen MR) is 49.1 cm³/mol. The van der Waals surface area contributed by atoms with Gasteiger partial charge in [-0.1, -0.05) is 12.1 Å². The van der Waals surface area contributed by atoms with E-state index in [9.17, 15) is 14.7 Å². The Kier molecular flexibility index (Phi) is 2.83. The molecule has 0 radical (unpaired) electrons. The van der Waals surface area contributed by atoms with Crippen LogP contribution in [-0.2, 0) is 4.79 Å². The van der Waals surface area contributed by atoms with Crippen LogP contribution >= 0.6 is 0 Å². The molecule has 1 rings (SSSR count). The number of benzene rings is 1. The summed E-state index contributed by atoms with van der Waals surface area (Å²) in [5.74, 6) is 3.67. The number of rotatable bonds is 1. The SMILES string of the molecule is CC(=O)N(N)C(=O)c1ccccc1O. The highest BCUT2D eigenvalue weighted by molar-refractivity contribution is 6.04. The number of nitrogens with zero attached hydrogens (tertiary/aromatic N) is 1. The number of para-hydroxylation sites is 1. The lowest BCUT2D eigenvalue weighted by Gasteiger charge is -2.12. The van der Waals surface area contributed by atoms with E-state index in [1.165, 1.54) is 12.1 Å². The Balaban J connectivity index is 3.01. The van der Waals surface area contributed by atoms with Gasteiger partial charge >= 0.3 is 0 Å². The van der Waals surface area contributed by atoms with Gasteiger partial charge in [0.25, 0.3) is 5.91 Å². The number of hydrogen-bond acceptors (Lipinski definition) is 4. The van der Waals surface area contributed by atoms with Gasteiger partial charge in [0.1, 0.15) is 5.75 Å². The van der Waals surface area contributed by atoms with Crippen LogP contribution in [0.15, 0.2) is 24.3 Å². The van der Waals surface area contributed by atoms with Crippen LogP contribution in [0.2, 0.25) is 0 Å². The third kappa shape index (κ3) is 1.89. The largest absolute Gasteiger partial charge is 0.507 e. The number of phenols is 1. The van der Waals surface area contributed by atoms with Crippen LogP contribution in [0.5, 0.6) is 5.75 Å². The van der Waals surface area contributed by atoms with E-state index in [1.807, 2.05) is 0 Å². The number of hydrogen-bond donors (Lipinski definition) is 2. The van der Waals surface area contributed by atoms with Crippen molar-refractivity contribution in [3.63, 3.8) is 0 Å². The van der Waals surface area contributed by atoms with Crippen molar-refractivity contribution in [2.75, 3.05) is 0 Å². The minimum absolute atomic E-state index is 0.00481. The smallest absolute Gasteiger partial charge is 0.278 e. The van der Waals surface area contributed by atoms with Crippen LogP contribution in [-0.4, -0.2) is 21.9 Å². The van der Waals surface area contributed by atoms with Gasteiger partial charge in [-0.2, -0.15) is 0 Å². The predicted octanol–water partition coefficient (Wildman–Crippen LogP) is 0.255. The van der Waals surface area contributed by atoms with Crippen LogP contribution in [0.4, 0.5) is 0 Å². The van der Waals surface area contributed by atoms with Crippen LogP contribution in [0.3, 0.4) is 0 Å². The summed E-state index contributed by atoms with van der Waals surface area (Å²) in [7, 11) is 0. The molecule has 1 aromatic rings. The molecule has 1 aromatic carbocycles. The summed E-state index contributed by atoms with van der Waals surface area (Å²) in [4.78, 5) is 22.2. The molecule has 74 valence electrons. The van der Waals surface area contributed by atoms with Gasteiger partial charge in [0, 0.05) is 6.92 Å². The summed E-state index contributed by atoms with van der Waals surface area (Å²) in [6.45, 7) is 1.16. The van der Waals surface area contributed by atoms with Gasteiger partial charge in [0.2, 0.25) is 5.91 Å². The quantitative estimate of drug-likeness (QED) is 0.381. The minimum atomic E-state index is -0.726. The lowest BCUT2D eigenvalue weighted by molar-refractivity contribution is -0.126. The van der Waals surface area contributed by atoms with E-state index < -0.39 is 11.8 Å². The minimum Gasteiger partial charge on any atom is -0.507 e. The molecular weight excluding hydrogens is 184 g/mol. The highest BCUT2D eigenvalue weighted by Crippen LogP contribution is 2.16. The summed E-state index contributed by atoms with van der Waals surface area (Å²) in [6.07, 6.45) is 0. The van der Waals surface area contributed by atoms with Crippen LogP contribution in [0.25, 0.3) is 0 Å². The third-order valence-corrected chi connectivity index (χ3v) is 1.69. The fourth-order valence-corrected chi connectivity index (χ4v) is 0.927. The van der Waals surface area contributed by atoms with Crippen molar-refractivity contribution in [3.05, 3.63) is 29.8 Å². The van der Waals surface area contributed by atoms with Gasteiger partial charge < -0.3 is 5.11 Å². The Labute approximate surface area is 80.7 Å². The van der Waals surface area contributed by atoms with Gasteiger partial charge in [-0.15, -0.1) is 0 Å². The molecule has 0 atom stereocenters. The molecule has 0 spiro atoms. The topological polar surface area (TPSA) is 83.6 Å². The molecule has 0 saturated carbocycles. The Bertz CT molecular complexity index is 376. The second-order valence-electron chi connectivity index (χ2n) is 2.71. The second-order valence-corrected chi connectivity index (χ2v) is 2.71. The molecule has 5 nitrogen and oxygen atoms in total. The van der Waals surface area contributed by atoms with E-state index in [-0.39, 0.29) is 11.3 Å². The maximum absolute atomic E-state index is 11.4.